The third kappa shape index (κ3) is 17.3. The van der Waals surface area contributed by atoms with Crippen LogP contribution in [0.4, 0.5) is 0 Å². The van der Waals surface area contributed by atoms with E-state index in [9.17, 15) is 26.4 Å². The summed E-state index contributed by atoms with van der Waals surface area (Å²) in [5.41, 5.74) is 14.8. The van der Waals surface area contributed by atoms with Crippen LogP contribution in [0.3, 0.4) is 0 Å². The summed E-state index contributed by atoms with van der Waals surface area (Å²) >= 11 is 0. The number of nitrogens with two attached hydrogens (primary N) is 2. The molecule has 0 heterocycles. The minimum absolute atomic E-state index is 0.437. The molecule has 4 N–H and O–H groups in total. The summed E-state index contributed by atoms with van der Waals surface area (Å²) in [6, 6.07) is 0. The van der Waals surface area contributed by atoms with Crippen molar-refractivity contribution in [3.05, 3.63) is 45.2 Å². The fourth-order valence-corrected chi connectivity index (χ4v) is 0.756. The third-order valence-corrected chi connectivity index (χ3v) is 1.75. The van der Waals surface area contributed by atoms with Gasteiger partial charge >= 0.3 is 0 Å². The van der Waals surface area contributed by atoms with Crippen LogP contribution >= 0.6 is 0 Å². The highest BCUT2D eigenvalue weighted by Gasteiger charge is 2.06. The molecule has 22 heavy (non-hydrogen) atoms. The van der Waals surface area contributed by atoms with E-state index in [-0.39, 0.29) is 0 Å². The zero-order chi connectivity index (χ0) is 17.8. The first-order valence-corrected chi connectivity index (χ1v) is 7.55. The third-order valence-electron chi connectivity index (χ3n) is 1.15. The molecule has 1 aliphatic carbocycles. The van der Waals surface area contributed by atoms with Crippen LogP contribution in [-0.2, 0) is 30.0 Å². The molecule has 0 unspecified atom stereocenters. The maximum atomic E-state index is 10.3. The van der Waals surface area contributed by atoms with Crippen LogP contribution in [0.2, 0.25) is 0 Å². The number of hydrogen-bond acceptors (Lipinski definition) is 6. The van der Waals surface area contributed by atoms with Crippen LogP contribution in [0, 0.1) is 0 Å². The van der Waals surface area contributed by atoms with Gasteiger partial charge in [0.25, 0.3) is 20.4 Å². The van der Waals surface area contributed by atoms with Crippen LogP contribution in [0.5, 0.6) is 0 Å². The number of carbonyl (C=O) groups is 2. The standard InChI is InChI=1S/C6H4O2.2H2N4O2S/c7-5-3-1-2-4-6(5)8;2*1-3-4-7(2,5)6/h1-4H;2*(H2,2,5,6). The largest absolute Gasteiger partial charge is 0.297 e. The Balaban J connectivity index is 0. The molecular formula is C6H8N8O6S2. The lowest BCUT2D eigenvalue weighted by atomic mass is 10.1. The molecule has 0 saturated carbocycles. The highest BCUT2D eigenvalue weighted by Crippen LogP contribution is 1.90. The summed E-state index contributed by atoms with van der Waals surface area (Å²) in [5, 5.41) is 8.40. The van der Waals surface area contributed by atoms with Crippen molar-refractivity contribution in [2.75, 3.05) is 0 Å². The summed E-state index contributed by atoms with van der Waals surface area (Å²) in [6.07, 6.45) is 5.60. The predicted molar refractivity (Wildman–Crippen MR) is 72.8 cm³/mol. The molecule has 0 aromatic carbocycles. The number of carbonyl (C=O) groups excluding carboxylic acids is 2. The lowest BCUT2D eigenvalue weighted by Crippen LogP contribution is -2.08. The van der Waals surface area contributed by atoms with Gasteiger partial charge in [0.1, 0.15) is 0 Å². The molecule has 1 aliphatic rings. The fourth-order valence-electron chi connectivity index (χ4n) is 0.552. The van der Waals surface area contributed by atoms with E-state index < -0.39 is 32.0 Å². The van der Waals surface area contributed by atoms with E-state index in [2.05, 4.69) is 19.3 Å². The maximum absolute atomic E-state index is 10.3. The summed E-state index contributed by atoms with van der Waals surface area (Å²) in [7, 11) is -7.93. The van der Waals surface area contributed by atoms with Crippen molar-refractivity contribution in [1.29, 1.82) is 0 Å². The van der Waals surface area contributed by atoms with E-state index >= 15 is 0 Å². The van der Waals surface area contributed by atoms with Crippen molar-refractivity contribution in [2.45, 2.75) is 0 Å². The Labute approximate surface area is 123 Å². The lowest BCUT2D eigenvalue weighted by molar-refractivity contribution is -0.131. The molecule has 14 nitrogen and oxygen atoms in total. The first kappa shape index (κ1) is 21.6. The Bertz CT molecular complexity index is 713. The first-order valence-electron chi connectivity index (χ1n) is 4.54. The van der Waals surface area contributed by atoms with Gasteiger partial charge in [0.05, 0.1) is 0 Å². The molecule has 0 radical (unpaired) electrons. The second-order valence-corrected chi connectivity index (χ2v) is 5.21. The van der Waals surface area contributed by atoms with Gasteiger partial charge in [0.2, 0.25) is 11.6 Å². The first-order chi connectivity index (χ1) is 9.93. The molecule has 0 fully saturated rings. The number of azide groups is 2. The summed E-state index contributed by atoms with van der Waals surface area (Å²) in [6.45, 7) is 0. The monoisotopic (exact) mass is 352 g/mol. The molecule has 0 amide bonds. The maximum Gasteiger partial charge on any atom is 0.297 e. The van der Waals surface area contributed by atoms with Gasteiger partial charge in [-0.1, -0.05) is 12.2 Å². The van der Waals surface area contributed by atoms with Crippen molar-refractivity contribution in [3.8, 4) is 0 Å². The van der Waals surface area contributed by atoms with Gasteiger partial charge in [0.15, 0.2) is 0 Å². The quantitative estimate of drug-likeness (QED) is 0.212. The molecule has 0 aromatic rings. The van der Waals surface area contributed by atoms with Gasteiger partial charge in [-0.3, -0.25) is 9.59 Å². The van der Waals surface area contributed by atoms with Gasteiger partial charge in [-0.05, 0) is 23.2 Å². The molecular weight excluding hydrogens is 344 g/mol. The highest BCUT2D eigenvalue weighted by atomic mass is 32.2. The molecule has 0 saturated heterocycles. The topological polar surface area (TPSA) is 252 Å². The van der Waals surface area contributed by atoms with Gasteiger partial charge < -0.3 is 0 Å². The number of allylic oxidation sites excluding steroid dienone is 4. The predicted octanol–water partition coefficient (Wildman–Crippen LogP) is -0.749. The van der Waals surface area contributed by atoms with Gasteiger partial charge in [-0.25, -0.2) is 27.1 Å². The van der Waals surface area contributed by atoms with Crippen molar-refractivity contribution in [3.63, 3.8) is 0 Å². The average Bonchev–Trinajstić information content (AvgIpc) is 2.31. The van der Waals surface area contributed by atoms with Crippen LogP contribution in [0.1, 0.15) is 0 Å². The minimum atomic E-state index is -3.97. The molecule has 16 heteroatoms. The Kier molecular flexibility index (Phi) is 9.85. The highest BCUT2D eigenvalue weighted by molar-refractivity contribution is 7.87. The van der Waals surface area contributed by atoms with Crippen LogP contribution in [-0.4, -0.2) is 28.4 Å². The SMILES string of the molecule is O=C1C=CC=CC1=O.[N-]=[N+]=NS(N)(=O)=O.[N-]=[N+]=NS(N)(=O)=O. The second-order valence-electron chi connectivity index (χ2n) is 2.82. The summed E-state index contributed by atoms with van der Waals surface area (Å²) < 4.78 is 42.7. The Morgan fingerprint density at radius 3 is 1.18 bits per heavy atom. The van der Waals surface area contributed by atoms with E-state index in [1.54, 1.807) is 12.2 Å². The molecule has 0 spiro atoms. The van der Waals surface area contributed by atoms with Gasteiger partial charge in [-0.2, -0.15) is 0 Å². The Hall–Kier alpha value is -2.74. The smallest absolute Gasteiger partial charge is 0.286 e. The molecule has 120 valence electrons. The van der Waals surface area contributed by atoms with Crippen molar-refractivity contribution in [2.24, 2.45) is 19.3 Å². The normalized spacial score (nSPS) is 12.6. The lowest BCUT2D eigenvalue weighted by Gasteiger charge is -1.88. The van der Waals surface area contributed by atoms with E-state index in [0.717, 1.165) is 0 Å². The Morgan fingerprint density at radius 2 is 1.09 bits per heavy atom. The number of rotatable bonds is 2. The minimum Gasteiger partial charge on any atom is -0.286 e. The number of hydrogen-bond donors (Lipinski definition) is 2. The molecule has 0 bridgehead atoms. The summed E-state index contributed by atoms with van der Waals surface area (Å²) in [4.78, 5) is 24.5. The average molecular weight is 352 g/mol. The van der Waals surface area contributed by atoms with Gasteiger partial charge in [-0.15, -0.1) is 0 Å². The zero-order valence-corrected chi connectivity index (χ0v) is 12.0. The fraction of sp³-hybridized carbons (Fsp3) is 0. The second kappa shape index (κ2) is 10.1. The summed E-state index contributed by atoms with van der Waals surface area (Å²) in [5.74, 6) is -0.875. The van der Waals surface area contributed by atoms with E-state index in [1.807, 2.05) is 9.82 Å². The van der Waals surface area contributed by atoms with Crippen molar-refractivity contribution >= 4 is 32.0 Å². The van der Waals surface area contributed by atoms with Crippen LogP contribution in [0.15, 0.2) is 33.3 Å². The van der Waals surface area contributed by atoms with Crippen LogP contribution < -0.4 is 10.3 Å². The molecule has 0 aliphatic heterocycles. The van der Waals surface area contributed by atoms with E-state index in [0.29, 0.717) is 0 Å². The molecule has 0 aromatic heterocycles. The number of nitrogens with zero attached hydrogens (tertiary/aromatic N) is 6. The van der Waals surface area contributed by atoms with Crippen molar-refractivity contribution in [1.82, 2.24) is 0 Å². The van der Waals surface area contributed by atoms with Crippen LogP contribution in [0.25, 0.3) is 20.9 Å². The molecule has 1 rings (SSSR count). The zero-order valence-electron chi connectivity index (χ0n) is 10.4. The molecule has 0 atom stereocenters. The van der Waals surface area contributed by atoms with Crippen molar-refractivity contribution < 1.29 is 26.4 Å². The van der Waals surface area contributed by atoms with E-state index in [4.69, 9.17) is 11.1 Å². The van der Waals surface area contributed by atoms with E-state index in [1.165, 1.54) is 12.2 Å². The van der Waals surface area contributed by atoms with Gasteiger partial charge in [0, 0.05) is 18.9 Å². The Morgan fingerprint density at radius 1 is 0.818 bits per heavy atom. The number of ketones is 2.